The summed E-state index contributed by atoms with van der Waals surface area (Å²) in [5.41, 5.74) is 0. The molecule has 17 heavy (non-hydrogen) atoms. The summed E-state index contributed by atoms with van der Waals surface area (Å²) in [5, 5.41) is 8.98. The molecule has 1 saturated heterocycles. The highest BCUT2D eigenvalue weighted by Crippen LogP contribution is 2.27. The Kier molecular flexibility index (Phi) is 4.89. The van der Waals surface area contributed by atoms with Gasteiger partial charge in [-0.1, -0.05) is 6.42 Å². The molecule has 0 aliphatic carbocycles. The molecule has 0 saturated carbocycles. The average molecular weight is 258 g/mol. The third-order valence-electron chi connectivity index (χ3n) is 3.46. The van der Waals surface area contributed by atoms with E-state index in [-0.39, 0.29) is 12.0 Å². The molecule has 2 atom stereocenters. The molecule has 1 fully saturated rings. The Morgan fingerprint density at radius 3 is 3.12 bits per heavy atom. The van der Waals surface area contributed by atoms with Crippen LogP contribution in [0, 0.1) is 0 Å². The van der Waals surface area contributed by atoms with Crippen molar-refractivity contribution in [2.75, 3.05) is 19.7 Å². The Balaban J connectivity index is 1.91. The highest BCUT2D eigenvalue weighted by Gasteiger charge is 2.25. The summed E-state index contributed by atoms with van der Waals surface area (Å²) in [5.74, 6) is 0.833. The van der Waals surface area contributed by atoms with Crippen LogP contribution in [-0.4, -0.2) is 35.7 Å². The third kappa shape index (κ3) is 3.47. The molecule has 1 N–H and O–H groups in total. The van der Waals surface area contributed by atoms with E-state index in [1.165, 1.54) is 19.3 Å². The minimum absolute atomic E-state index is 0.0932. The summed E-state index contributed by atoms with van der Waals surface area (Å²) < 4.78 is 5.32. The molecule has 1 aliphatic heterocycles. The number of likely N-dealkylation sites (tertiary alicyclic amines) is 1. The fourth-order valence-electron chi connectivity index (χ4n) is 2.54. The van der Waals surface area contributed by atoms with Crippen LogP contribution < -0.4 is 0 Å². The molecule has 0 radical (unpaired) electrons. The first-order valence-electron chi connectivity index (χ1n) is 6.33. The zero-order valence-electron chi connectivity index (χ0n) is 10.0. The number of piperidine rings is 1. The molecule has 3 nitrogen and oxygen atoms in total. The quantitative estimate of drug-likeness (QED) is 0.824. The van der Waals surface area contributed by atoms with Gasteiger partial charge in [0.1, 0.15) is 11.1 Å². The normalized spacial score (nSPS) is 23.8. The predicted octanol–water partition coefficient (Wildman–Crippen LogP) is 2.80. The van der Waals surface area contributed by atoms with Crippen LogP contribution in [0.3, 0.4) is 0 Å². The van der Waals surface area contributed by atoms with E-state index in [9.17, 15) is 0 Å². The van der Waals surface area contributed by atoms with Gasteiger partial charge in [-0.25, -0.2) is 0 Å². The Morgan fingerprint density at radius 1 is 1.53 bits per heavy atom. The summed E-state index contributed by atoms with van der Waals surface area (Å²) in [7, 11) is 0. The van der Waals surface area contributed by atoms with E-state index in [0.717, 1.165) is 25.3 Å². The topological polar surface area (TPSA) is 36.6 Å². The molecule has 0 bridgehead atoms. The van der Waals surface area contributed by atoms with Gasteiger partial charge in [0.15, 0.2) is 0 Å². The van der Waals surface area contributed by atoms with Gasteiger partial charge >= 0.3 is 0 Å². The number of hydrogen-bond acceptors (Lipinski definition) is 3. The van der Waals surface area contributed by atoms with E-state index in [1.807, 2.05) is 12.1 Å². The number of aliphatic hydroxyl groups is 1. The predicted molar refractivity (Wildman–Crippen MR) is 68.2 cm³/mol. The summed E-state index contributed by atoms with van der Waals surface area (Å²) in [4.78, 5) is 2.39. The molecular weight excluding hydrogens is 238 g/mol. The van der Waals surface area contributed by atoms with Gasteiger partial charge in [-0.2, -0.15) is 0 Å². The van der Waals surface area contributed by atoms with Gasteiger partial charge in [0.25, 0.3) is 0 Å². The summed E-state index contributed by atoms with van der Waals surface area (Å²) >= 11 is 6.35. The lowest BCUT2D eigenvalue weighted by molar-refractivity contribution is 0.117. The monoisotopic (exact) mass is 257 g/mol. The zero-order valence-corrected chi connectivity index (χ0v) is 10.8. The van der Waals surface area contributed by atoms with Crippen LogP contribution in [0.4, 0.5) is 0 Å². The maximum absolute atomic E-state index is 9.08. The summed E-state index contributed by atoms with van der Waals surface area (Å²) in [6.07, 6.45) is 6.16. The molecule has 1 aromatic rings. The number of hydrogen-bond donors (Lipinski definition) is 1. The maximum atomic E-state index is 9.08. The van der Waals surface area contributed by atoms with Gasteiger partial charge in [-0.3, -0.25) is 4.90 Å². The molecule has 1 aliphatic rings. The van der Waals surface area contributed by atoms with E-state index in [0.29, 0.717) is 6.04 Å². The first-order valence-corrected chi connectivity index (χ1v) is 6.77. The van der Waals surface area contributed by atoms with Crippen LogP contribution in [0.25, 0.3) is 0 Å². The lowest BCUT2D eigenvalue weighted by atomic mass is 9.99. The molecule has 4 heteroatoms. The lowest BCUT2D eigenvalue weighted by Crippen LogP contribution is -2.41. The van der Waals surface area contributed by atoms with E-state index in [1.54, 1.807) is 6.26 Å². The highest BCUT2D eigenvalue weighted by molar-refractivity contribution is 6.20. The second-order valence-electron chi connectivity index (χ2n) is 4.64. The second-order valence-corrected chi connectivity index (χ2v) is 5.17. The van der Waals surface area contributed by atoms with E-state index < -0.39 is 0 Å². The van der Waals surface area contributed by atoms with Gasteiger partial charge in [0, 0.05) is 19.2 Å². The van der Waals surface area contributed by atoms with Crippen molar-refractivity contribution in [1.29, 1.82) is 0 Å². The second kappa shape index (κ2) is 6.43. The summed E-state index contributed by atoms with van der Waals surface area (Å²) in [6.45, 7) is 2.14. The molecular formula is C13H20ClNO2. The van der Waals surface area contributed by atoms with Gasteiger partial charge in [0.2, 0.25) is 0 Å². The van der Waals surface area contributed by atoms with Crippen LogP contribution in [-0.2, 0) is 0 Å². The van der Waals surface area contributed by atoms with Gasteiger partial charge in [-0.15, -0.1) is 11.6 Å². The van der Waals surface area contributed by atoms with Gasteiger partial charge in [0.05, 0.1) is 6.26 Å². The van der Waals surface area contributed by atoms with Crippen molar-refractivity contribution in [3.8, 4) is 0 Å². The van der Waals surface area contributed by atoms with E-state index >= 15 is 0 Å². The highest BCUT2D eigenvalue weighted by atomic mass is 35.5. The number of aliphatic hydroxyl groups excluding tert-OH is 1. The van der Waals surface area contributed by atoms with Crippen LogP contribution in [0.2, 0.25) is 0 Å². The van der Waals surface area contributed by atoms with Crippen molar-refractivity contribution in [3.63, 3.8) is 0 Å². The third-order valence-corrected chi connectivity index (χ3v) is 3.81. The molecule has 2 unspecified atom stereocenters. The Morgan fingerprint density at radius 2 is 2.41 bits per heavy atom. The van der Waals surface area contributed by atoms with Crippen LogP contribution in [0.5, 0.6) is 0 Å². The minimum Gasteiger partial charge on any atom is -0.468 e. The average Bonchev–Trinajstić information content (AvgIpc) is 2.85. The van der Waals surface area contributed by atoms with Gasteiger partial charge < -0.3 is 9.52 Å². The standard InChI is InChI=1S/C13H20ClNO2/c14-12(13-5-3-9-17-13)10-15-7-2-1-4-11(15)6-8-16/h3,5,9,11-12,16H,1-2,4,6-8,10H2. The number of halogens is 1. The molecule has 0 amide bonds. The smallest absolute Gasteiger partial charge is 0.122 e. The fraction of sp³-hybridized carbons (Fsp3) is 0.692. The fourth-order valence-corrected chi connectivity index (χ4v) is 2.84. The summed E-state index contributed by atoms with van der Waals surface area (Å²) in [6, 6.07) is 4.26. The van der Waals surface area contributed by atoms with Crippen molar-refractivity contribution in [3.05, 3.63) is 24.2 Å². The van der Waals surface area contributed by atoms with Crippen molar-refractivity contribution in [2.24, 2.45) is 0 Å². The van der Waals surface area contributed by atoms with Crippen molar-refractivity contribution < 1.29 is 9.52 Å². The minimum atomic E-state index is -0.0932. The molecule has 1 aromatic heterocycles. The Hall–Kier alpha value is -0.510. The number of rotatable bonds is 5. The first-order chi connectivity index (χ1) is 8.31. The van der Waals surface area contributed by atoms with Crippen LogP contribution >= 0.6 is 11.6 Å². The number of alkyl halides is 1. The molecule has 0 spiro atoms. The van der Waals surface area contributed by atoms with Crippen molar-refractivity contribution in [2.45, 2.75) is 37.1 Å². The Bertz CT molecular complexity index is 313. The molecule has 96 valence electrons. The largest absolute Gasteiger partial charge is 0.468 e. The van der Waals surface area contributed by atoms with E-state index in [4.69, 9.17) is 21.1 Å². The van der Waals surface area contributed by atoms with Crippen molar-refractivity contribution >= 4 is 11.6 Å². The number of furan rings is 1. The molecule has 2 heterocycles. The molecule has 2 rings (SSSR count). The number of nitrogens with zero attached hydrogens (tertiary/aromatic N) is 1. The van der Waals surface area contributed by atoms with Crippen molar-refractivity contribution in [1.82, 2.24) is 4.90 Å². The van der Waals surface area contributed by atoms with E-state index in [2.05, 4.69) is 4.90 Å². The van der Waals surface area contributed by atoms with Gasteiger partial charge in [-0.05, 0) is 37.9 Å². The molecule has 0 aromatic carbocycles. The Labute approximate surface area is 107 Å². The lowest BCUT2D eigenvalue weighted by Gasteiger charge is -2.36. The first kappa shape index (κ1) is 12.9. The van der Waals surface area contributed by atoms with Crippen LogP contribution in [0.1, 0.15) is 36.8 Å². The zero-order chi connectivity index (χ0) is 12.1. The van der Waals surface area contributed by atoms with Crippen LogP contribution in [0.15, 0.2) is 22.8 Å². The SMILES string of the molecule is OCCC1CCCCN1CC(Cl)c1ccco1. The maximum Gasteiger partial charge on any atom is 0.122 e.